The predicted molar refractivity (Wildman–Crippen MR) is 94.2 cm³/mol. The average molecular weight is 331 g/mol. The molecule has 1 aromatic rings. The van der Waals surface area contributed by atoms with Gasteiger partial charge in [-0.25, -0.2) is 5.01 Å². The van der Waals surface area contributed by atoms with Crippen LogP contribution in [0.5, 0.6) is 0 Å². The summed E-state index contributed by atoms with van der Waals surface area (Å²) in [5, 5.41) is 8.51. The van der Waals surface area contributed by atoms with Gasteiger partial charge in [-0.15, -0.1) is 0 Å². The van der Waals surface area contributed by atoms with Crippen molar-refractivity contribution < 1.29 is 14.3 Å². The van der Waals surface area contributed by atoms with Gasteiger partial charge in [0, 0.05) is 32.6 Å². The lowest BCUT2D eigenvalue weighted by atomic mass is 10.1. The maximum Gasteiger partial charge on any atom is 0.267 e. The Balaban J connectivity index is 2.07. The summed E-state index contributed by atoms with van der Waals surface area (Å²) < 4.78 is 5.24. The van der Waals surface area contributed by atoms with Gasteiger partial charge in [0.05, 0.1) is 5.69 Å². The van der Waals surface area contributed by atoms with Gasteiger partial charge in [0.1, 0.15) is 5.71 Å². The lowest BCUT2D eigenvalue weighted by molar-refractivity contribution is -0.118. The van der Waals surface area contributed by atoms with Crippen LogP contribution in [0.2, 0.25) is 0 Å². The van der Waals surface area contributed by atoms with E-state index in [1.807, 2.05) is 39.0 Å². The molecule has 2 amide bonds. The first-order chi connectivity index (χ1) is 11.5. The van der Waals surface area contributed by atoms with E-state index in [-0.39, 0.29) is 11.8 Å². The lowest BCUT2D eigenvalue weighted by Gasteiger charge is -2.24. The van der Waals surface area contributed by atoms with Crippen molar-refractivity contribution in [2.45, 2.75) is 40.0 Å². The number of ether oxygens (including phenoxy) is 1. The maximum absolute atomic E-state index is 12.2. The third-order valence-electron chi connectivity index (χ3n) is 3.84. The standard InChI is InChI=1S/C18H25N3O3/c1-4-24-11-5-10-19-18(23)15-8-9-17(22)21(20-15)16-12-13(2)6-7-14(16)3/h6-7,12H,4-5,8-11H2,1-3H3,(H,19,23). The van der Waals surface area contributed by atoms with Crippen LogP contribution >= 0.6 is 0 Å². The Morgan fingerprint density at radius 2 is 2.12 bits per heavy atom. The van der Waals surface area contributed by atoms with E-state index in [1.54, 1.807) is 0 Å². The minimum atomic E-state index is -0.214. The molecule has 130 valence electrons. The summed E-state index contributed by atoms with van der Waals surface area (Å²) in [7, 11) is 0. The third-order valence-corrected chi connectivity index (χ3v) is 3.84. The molecule has 1 heterocycles. The number of carbonyl (C=O) groups excluding carboxylic acids is 2. The first kappa shape index (κ1) is 18.1. The molecule has 6 nitrogen and oxygen atoms in total. The van der Waals surface area contributed by atoms with Gasteiger partial charge >= 0.3 is 0 Å². The van der Waals surface area contributed by atoms with E-state index in [0.29, 0.717) is 38.3 Å². The van der Waals surface area contributed by atoms with Crippen molar-refractivity contribution in [1.29, 1.82) is 0 Å². The van der Waals surface area contributed by atoms with E-state index in [1.165, 1.54) is 5.01 Å². The molecule has 1 aromatic carbocycles. The summed E-state index contributed by atoms with van der Waals surface area (Å²) in [4.78, 5) is 24.5. The molecule has 1 N–H and O–H groups in total. The fourth-order valence-corrected chi connectivity index (χ4v) is 2.48. The van der Waals surface area contributed by atoms with Crippen molar-refractivity contribution in [3.8, 4) is 0 Å². The van der Waals surface area contributed by atoms with Crippen molar-refractivity contribution >= 4 is 23.2 Å². The second kappa shape index (κ2) is 8.59. The number of benzene rings is 1. The Labute approximate surface area is 142 Å². The minimum Gasteiger partial charge on any atom is -0.382 e. The Hall–Kier alpha value is -2.21. The highest BCUT2D eigenvalue weighted by Gasteiger charge is 2.26. The van der Waals surface area contributed by atoms with Gasteiger partial charge in [0.25, 0.3) is 5.91 Å². The van der Waals surface area contributed by atoms with Crippen LogP contribution < -0.4 is 10.3 Å². The predicted octanol–water partition coefficient (Wildman–Crippen LogP) is 2.33. The summed E-state index contributed by atoms with van der Waals surface area (Å²) in [5.41, 5.74) is 3.13. The maximum atomic E-state index is 12.2. The number of rotatable bonds is 7. The zero-order valence-electron chi connectivity index (χ0n) is 14.6. The van der Waals surface area contributed by atoms with Crippen LogP contribution in [0.1, 0.15) is 37.3 Å². The van der Waals surface area contributed by atoms with Crippen LogP contribution in [0, 0.1) is 13.8 Å². The van der Waals surface area contributed by atoms with Crippen molar-refractivity contribution in [2.75, 3.05) is 24.8 Å². The summed E-state index contributed by atoms with van der Waals surface area (Å²) in [5.74, 6) is -0.300. The molecular weight excluding hydrogens is 306 g/mol. The van der Waals surface area contributed by atoms with E-state index in [0.717, 1.165) is 23.2 Å². The van der Waals surface area contributed by atoms with Gasteiger partial charge in [-0.2, -0.15) is 5.10 Å². The third kappa shape index (κ3) is 4.64. The van der Waals surface area contributed by atoms with E-state index < -0.39 is 0 Å². The molecule has 0 unspecified atom stereocenters. The molecule has 0 bridgehead atoms. The molecular formula is C18H25N3O3. The SMILES string of the molecule is CCOCCCNC(=O)C1=NN(c2cc(C)ccc2C)C(=O)CC1. The van der Waals surface area contributed by atoms with Gasteiger partial charge in [-0.1, -0.05) is 12.1 Å². The summed E-state index contributed by atoms with van der Waals surface area (Å²) in [6.45, 7) is 7.67. The first-order valence-electron chi connectivity index (χ1n) is 8.36. The Morgan fingerprint density at radius 1 is 1.33 bits per heavy atom. The molecule has 24 heavy (non-hydrogen) atoms. The number of nitrogens with zero attached hydrogens (tertiary/aromatic N) is 2. The number of anilines is 1. The van der Waals surface area contributed by atoms with E-state index in [2.05, 4.69) is 10.4 Å². The highest BCUT2D eigenvalue weighted by atomic mass is 16.5. The highest BCUT2D eigenvalue weighted by Crippen LogP contribution is 2.25. The highest BCUT2D eigenvalue weighted by molar-refractivity contribution is 6.40. The number of amides is 2. The largest absolute Gasteiger partial charge is 0.382 e. The Bertz CT molecular complexity index is 640. The number of hydrazone groups is 1. The first-order valence-corrected chi connectivity index (χ1v) is 8.36. The summed E-state index contributed by atoms with van der Waals surface area (Å²) in [6, 6.07) is 5.86. The van der Waals surface area contributed by atoms with Gasteiger partial charge in [-0.3, -0.25) is 9.59 Å². The van der Waals surface area contributed by atoms with Crippen LogP contribution in [0.3, 0.4) is 0 Å². The van der Waals surface area contributed by atoms with Crippen molar-refractivity contribution in [2.24, 2.45) is 5.10 Å². The normalized spacial score (nSPS) is 14.5. The molecule has 0 saturated heterocycles. The molecule has 1 aliphatic rings. The summed E-state index contributed by atoms with van der Waals surface area (Å²) in [6.07, 6.45) is 1.42. The molecule has 0 radical (unpaired) electrons. The Morgan fingerprint density at radius 3 is 2.88 bits per heavy atom. The number of hydrogen-bond donors (Lipinski definition) is 1. The number of hydrogen-bond acceptors (Lipinski definition) is 4. The molecule has 0 spiro atoms. The molecule has 0 fully saturated rings. The molecule has 0 atom stereocenters. The van der Waals surface area contributed by atoms with Gasteiger partial charge < -0.3 is 10.1 Å². The monoisotopic (exact) mass is 331 g/mol. The molecule has 0 saturated carbocycles. The fraction of sp³-hybridized carbons (Fsp3) is 0.500. The lowest BCUT2D eigenvalue weighted by Crippen LogP contribution is -2.39. The Kier molecular flexibility index (Phi) is 6.49. The zero-order chi connectivity index (χ0) is 17.5. The number of nitrogens with one attached hydrogen (secondary N) is 1. The molecule has 1 aliphatic heterocycles. The second-order valence-corrected chi connectivity index (χ2v) is 5.85. The van der Waals surface area contributed by atoms with E-state index >= 15 is 0 Å². The van der Waals surface area contributed by atoms with E-state index in [9.17, 15) is 9.59 Å². The van der Waals surface area contributed by atoms with Crippen LogP contribution in [0.15, 0.2) is 23.3 Å². The topological polar surface area (TPSA) is 71.0 Å². The molecule has 0 aliphatic carbocycles. The fourth-order valence-electron chi connectivity index (χ4n) is 2.48. The van der Waals surface area contributed by atoms with Crippen LogP contribution in [0.4, 0.5) is 5.69 Å². The quantitative estimate of drug-likeness (QED) is 0.780. The minimum absolute atomic E-state index is 0.0865. The van der Waals surface area contributed by atoms with Crippen LogP contribution in [-0.4, -0.2) is 37.3 Å². The number of aryl methyl sites for hydroxylation is 2. The van der Waals surface area contributed by atoms with Gasteiger partial charge in [0.15, 0.2) is 0 Å². The smallest absolute Gasteiger partial charge is 0.267 e. The van der Waals surface area contributed by atoms with Crippen molar-refractivity contribution in [1.82, 2.24) is 5.32 Å². The van der Waals surface area contributed by atoms with E-state index in [4.69, 9.17) is 4.74 Å². The van der Waals surface area contributed by atoms with Gasteiger partial charge in [0.2, 0.25) is 5.91 Å². The zero-order valence-corrected chi connectivity index (χ0v) is 14.6. The number of carbonyl (C=O) groups is 2. The molecule has 2 rings (SSSR count). The van der Waals surface area contributed by atoms with Crippen molar-refractivity contribution in [3.63, 3.8) is 0 Å². The van der Waals surface area contributed by atoms with Crippen LogP contribution in [-0.2, 0) is 14.3 Å². The molecule has 0 aromatic heterocycles. The average Bonchev–Trinajstić information content (AvgIpc) is 2.57. The van der Waals surface area contributed by atoms with Gasteiger partial charge in [-0.05, 0) is 44.4 Å². The molecule has 6 heteroatoms. The summed E-state index contributed by atoms with van der Waals surface area (Å²) >= 11 is 0. The van der Waals surface area contributed by atoms with Crippen molar-refractivity contribution in [3.05, 3.63) is 29.3 Å². The second-order valence-electron chi connectivity index (χ2n) is 5.85. The van der Waals surface area contributed by atoms with Crippen LogP contribution in [0.25, 0.3) is 0 Å².